The molecule has 2 N–H and O–H groups in total. The molecule has 1 aromatic carbocycles. The summed E-state index contributed by atoms with van der Waals surface area (Å²) in [4.78, 5) is 17.2. The van der Waals surface area contributed by atoms with Gasteiger partial charge >= 0.3 is 5.69 Å². The molecule has 0 bridgehead atoms. The van der Waals surface area contributed by atoms with Crippen LogP contribution >= 0.6 is 24.0 Å². The van der Waals surface area contributed by atoms with E-state index in [-0.39, 0.29) is 29.7 Å². The zero-order chi connectivity index (χ0) is 22.1. The largest absolute Gasteiger partial charge is 0.493 e. The first-order valence-electron chi connectivity index (χ1n) is 11.5. The normalized spacial score (nSPS) is 13.3. The fraction of sp³-hybridized carbons (Fsp3) is 0.609. The summed E-state index contributed by atoms with van der Waals surface area (Å²) in [5.74, 6) is 2.60. The number of ether oxygens (including phenoxy) is 1. The fourth-order valence-corrected chi connectivity index (χ4v) is 3.67. The molecule has 8 nitrogen and oxygen atoms in total. The van der Waals surface area contributed by atoms with Crippen molar-refractivity contribution < 1.29 is 4.74 Å². The van der Waals surface area contributed by atoms with E-state index < -0.39 is 0 Å². The topological polar surface area (TPSA) is 85.5 Å². The third kappa shape index (κ3) is 7.25. The summed E-state index contributed by atoms with van der Waals surface area (Å²) in [6.07, 6.45) is 4.86. The van der Waals surface area contributed by atoms with Gasteiger partial charge in [0.2, 0.25) is 0 Å². The molecule has 0 amide bonds. The summed E-state index contributed by atoms with van der Waals surface area (Å²) in [7, 11) is 0. The highest BCUT2D eigenvalue weighted by Crippen LogP contribution is 2.21. The van der Waals surface area contributed by atoms with Crippen molar-refractivity contribution in [2.45, 2.75) is 72.5 Å². The first-order chi connectivity index (χ1) is 15.1. The summed E-state index contributed by atoms with van der Waals surface area (Å²) >= 11 is 0. The SMILES string of the molecule is CCCOc1cc(C)ccc1CN=C(NCC)NCCCn1nc2n(c1=O)CCCC2.I. The molecule has 0 unspecified atom stereocenters. The van der Waals surface area contributed by atoms with E-state index in [0.29, 0.717) is 26.2 Å². The van der Waals surface area contributed by atoms with Crippen molar-refractivity contribution in [1.29, 1.82) is 0 Å². The molecule has 0 fully saturated rings. The Morgan fingerprint density at radius 1 is 1.25 bits per heavy atom. The Labute approximate surface area is 207 Å². The van der Waals surface area contributed by atoms with E-state index in [4.69, 9.17) is 9.73 Å². The smallest absolute Gasteiger partial charge is 0.345 e. The standard InChI is InChI=1S/C23H36N6O2.HI/c1-4-15-31-20-16-18(3)10-11-19(20)17-26-22(24-5-2)25-12-8-14-29-23(30)28-13-7-6-9-21(28)27-29;/h10-11,16H,4-9,12-15,17H2,1-3H3,(H2,24,25,26);1H. The van der Waals surface area contributed by atoms with Crippen molar-refractivity contribution in [3.8, 4) is 5.75 Å². The van der Waals surface area contributed by atoms with Crippen LogP contribution in [0.3, 0.4) is 0 Å². The third-order valence-electron chi connectivity index (χ3n) is 5.31. The molecule has 178 valence electrons. The Hall–Kier alpha value is -2.04. The van der Waals surface area contributed by atoms with Gasteiger partial charge in [-0.3, -0.25) is 4.57 Å². The lowest BCUT2D eigenvalue weighted by Crippen LogP contribution is -2.38. The lowest BCUT2D eigenvalue weighted by atomic mass is 10.1. The number of rotatable bonds is 10. The van der Waals surface area contributed by atoms with Crippen LogP contribution in [0.25, 0.3) is 0 Å². The van der Waals surface area contributed by atoms with Crippen LogP contribution in [0.4, 0.5) is 0 Å². The lowest BCUT2D eigenvalue weighted by molar-refractivity contribution is 0.314. The van der Waals surface area contributed by atoms with E-state index in [1.807, 2.05) is 11.5 Å². The Kier molecular flexibility index (Phi) is 11.1. The molecule has 9 heteroatoms. The summed E-state index contributed by atoms with van der Waals surface area (Å²) in [6, 6.07) is 6.25. The van der Waals surface area contributed by atoms with Crippen molar-refractivity contribution in [2.24, 2.45) is 4.99 Å². The summed E-state index contributed by atoms with van der Waals surface area (Å²) in [5, 5.41) is 11.2. The number of halogens is 1. The van der Waals surface area contributed by atoms with Gasteiger partial charge in [-0.25, -0.2) is 14.5 Å². The number of aryl methyl sites for hydroxylation is 3. The van der Waals surface area contributed by atoms with E-state index in [9.17, 15) is 4.79 Å². The summed E-state index contributed by atoms with van der Waals surface area (Å²) in [5.41, 5.74) is 2.28. The molecule has 1 aliphatic rings. The average molecular weight is 556 g/mol. The number of nitrogens with one attached hydrogen (secondary N) is 2. The van der Waals surface area contributed by atoms with Crippen LogP contribution in [0.2, 0.25) is 0 Å². The average Bonchev–Trinajstić information content (AvgIpc) is 3.10. The zero-order valence-corrected chi connectivity index (χ0v) is 21.9. The lowest BCUT2D eigenvalue weighted by Gasteiger charge is -2.13. The number of nitrogens with zero attached hydrogens (tertiary/aromatic N) is 4. The molecule has 0 aliphatic carbocycles. The molecule has 1 aromatic heterocycles. The number of benzene rings is 1. The van der Waals surface area contributed by atoms with Gasteiger partial charge in [-0.1, -0.05) is 19.1 Å². The van der Waals surface area contributed by atoms with E-state index in [1.165, 1.54) is 5.56 Å². The van der Waals surface area contributed by atoms with Gasteiger partial charge in [0, 0.05) is 38.2 Å². The highest BCUT2D eigenvalue weighted by atomic mass is 127. The minimum absolute atomic E-state index is 0. The van der Waals surface area contributed by atoms with Gasteiger partial charge in [0.15, 0.2) is 5.96 Å². The molecule has 2 heterocycles. The summed E-state index contributed by atoms with van der Waals surface area (Å²) < 4.78 is 9.33. The number of hydrogen-bond donors (Lipinski definition) is 2. The van der Waals surface area contributed by atoms with Gasteiger partial charge in [-0.15, -0.1) is 24.0 Å². The van der Waals surface area contributed by atoms with Crippen LogP contribution in [0.15, 0.2) is 28.0 Å². The van der Waals surface area contributed by atoms with Crippen LogP contribution in [0.5, 0.6) is 5.75 Å². The second-order valence-electron chi connectivity index (χ2n) is 7.97. The number of hydrogen-bond acceptors (Lipinski definition) is 4. The van der Waals surface area contributed by atoms with Gasteiger partial charge < -0.3 is 15.4 Å². The molecular formula is C23H37IN6O2. The second-order valence-corrected chi connectivity index (χ2v) is 7.97. The molecule has 32 heavy (non-hydrogen) atoms. The van der Waals surface area contributed by atoms with Gasteiger partial charge in [0.1, 0.15) is 11.6 Å². The van der Waals surface area contributed by atoms with Crippen molar-refractivity contribution in [1.82, 2.24) is 25.0 Å². The monoisotopic (exact) mass is 556 g/mol. The number of fused-ring (bicyclic) bond motifs is 1. The molecule has 0 atom stereocenters. The Morgan fingerprint density at radius 3 is 2.84 bits per heavy atom. The predicted molar refractivity (Wildman–Crippen MR) is 139 cm³/mol. The van der Waals surface area contributed by atoms with Crippen LogP contribution < -0.4 is 21.1 Å². The second kappa shape index (κ2) is 13.5. The zero-order valence-electron chi connectivity index (χ0n) is 19.5. The molecule has 2 aromatic rings. The van der Waals surface area contributed by atoms with Crippen LogP contribution in [0, 0.1) is 6.92 Å². The molecule has 0 saturated carbocycles. The van der Waals surface area contributed by atoms with Crippen molar-refractivity contribution in [3.05, 3.63) is 45.6 Å². The minimum Gasteiger partial charge on any atom is -0.493 e. The van der Waals surface area contributed by atoms with Gasteiger partial charge in [-0.05, 0) is 51.2 Å². The predicted octanol–water partition coefficient (Wildman–Crippen LogP) is 3.24. The quantitative estimate of drug-likeness (QED) is 0.203. The Balaban J connectivity index is 0.00000363. The Morgan fingerprint density at radius 2 is 2.09 bits per heavy atom. The molecular weight excluding hydrogens is 519 g/mol. The Bertz CT molecular complexity index is 937. The first-order valence-corrected chi connectivity index (χ1v) is 11.5. The third-order valence-corrected chi connectivity index (χ3v) is 5.31. The van der Waals surface area contributed by atoms with Crippen molar-refractivity contribution in [2.75, 3.05) is 19.7 Å². The number of guanidine groups is 1. The van der Waals surface area contributed by atoms with Crippen molar-refractivity contribution >= 4 is 29.9 Å². The van der Waals surface area contributed by atoms with Crippen LogP contribution in [-0.2, 0) is 26.1 Å². The molecule has 3 rings (SSSR count). The van der Waals surface area contributed by atoms with Gasteiger partial charge in [0.05, 0.1) is 13.2 Å². The maximum absolute atomic E-state index is 12.4. The highest BCUT2D eigenvalue weighted by molar-refractivity contribution is 14.0. The number of aromatic nitrogens is 3. The van der Waals surface area contributed by atoms with E-state index in [0.717, 1.165) is 68.3 Å². The minimum atomic E-state index is 0. The van der Waals surface area contributed by atoms with Crippen molar-refractivity contribution in [3.63, 3.8) is 0 Å². The van der Waals surface area contributed by atoms with E-state index in [2.05, 4.69) is 47.8 Å². The highest BCUT2D eigenvalue weighted by Gasteiger charge is 2.16. The van der Waals surface area contributed by atoms with E-state index >= 15 is 0 Å². The summed E-state index contributed by atoms with van der Waals surface area (Å²) in [6.45, 7) is 10.4. The maximum Gasteiger partial charge on any atom is 0.345 e. The first kappa shape index (κ1) is 26.2. The van der Waals surface area contributed by atoms with Crippen LogP contribution in [-0.4, -0.2) is 40.0 Å². The number of aliphatic imine (C=N–C) groups is 1. The fourth-order valence-electron chi connectivity index (χ4n) is 3.67. The van der Waals surface area contributed by atoms with Crippen LogP contribution in [0.1, 0.15) is 56.5 Å². The molecule has 0 saturated heterocycles. The van der Waals surface area contributed by atoms with Gasteiger partial charge in [-0.2, -0.15) is 5.10 Å². The van der Waals surface area contributed by atoms with E-state index in [1.54, 1.807) is 4.68 Å². The molecule has 0 spiro atoms. The molecule has 0 radical (unpaired) electrons. The van der Waals surface area contributed by atoms with Gasteiger partial charge in [0.25, 0.3) is 0 Å². The molecule has 1 aliphatic heterocycles. The maximum atomic E-state index is 12.4.